The van der Waals surface area contributed by atoms with Gasteiger partial charge in [-0.15, -0.1) is 0 Å². The fourth-order valence-corrected chi connectivity index (χ4v) is 2.71. The number of ether oxygens (including phenoxy) is 2. The van der Waals surface area contributed by atoms with Crippen LogP contribution in [0.1, 0.15) is 30.9 Å². The molecule has 4 nitrogen and oxygen atoms in total. The normalized spacial score (nSPS) is 19.9. The maximum atomic E-state index is 5.95. The highest BCUT2D eigenvalue weighted by molar-refractivity contribution is 5.45. The summed E-state index contributed by atoms with van der Waals surface area (Å²) in [5.41, 5.74) is 7.17. The standard InChI is InChI=1S/C14H20N2O2/c1-16(11-3-2-4-11)12(8-15)10-5-6-13-14(7-10)18-9-17-13/h5-7,11-12H,2-4,8-9,15H2,1H3. The fraction of sp³-hybridized carbons (Fsp3) is 0.571. The van der Waals surface area contributed by atoms with Crippen LogP contribution in [-0.2, 0) is 0 Å². The van der Waals surface area contributed by atoms with E-state index in [1.165, 1.54) is 24.8 Å². The summed E-state index contributed by atoms with van der Waals surface area (Å²) >= 11 is 0. The first-order valence-electron chi connectivity index (χ1n) is 6.61. The molecule has 2 N–H and O–H groups in total. The molecule has 0 radical (unpaired) electrons. The van der Waals surface area contributed by atoms with Gasteiger partial charge in [0.1, 0.15) is 0 Å². The predicted molar refractivity (Wildman–Crippen MR) is 69.8 cm³/mol. The molecular formula is C14H20N2O2. The molecule has 0 amide bonds. The number of benzene rings is 1. The summed E-state index contributed by atoms with van der Waals surface area (Å²) in [7, 11) is 2.17. The second-order valence-electron chi connectivity index (χ2n) is 5.11. The Bertz CT molecular complexity index is 432. The van der Waals surface area contributed by atoms with Gasteiger partial charge < -0.3 is 15.2 Å². The Kier molecular flexibility index (Phi) is 3.14. The van der Waals surface area contributed by atoms with Crippen LogP contribution in [0, 0.1) is 0 Å². The highest BCUT2D eigenvalue weighted by Crippen LogP contribution is 2.36. The van der Waals surface area contributed by atoms with Gasteiger partial charge >= 0.3 is 0 Å². The van der Waals surface area contributed by atoms with Gasteiger partial charge in [-0.05, 0) is 37.6 Å². The summed E-state index contributed by atoms with van der Waals surface area (Å²) in [5, 5.41) is 0. The number of hydrogen-bond donors (Lipinski definition) is 1. The Morgan fingerprint density at radius 2 is 2.11 bits per heavy atom. The summed E-state index contributed by atoms with van der Waals surface area (Å²) in [6.45, 7) is 0.956. The number of hydrogen-bond acceptors (Lipinski definition) is 4. The molecule has 1 saturated carbocycles. The first-order valence-corrected chi connectivity index (χ1v) is 6.61. The third-order valence-electron chi connectivity index (χ3n) is 4.15. The van der Waals surface area contributed by atoms with Crippen LogP contribution in [0.2, 0.25) is 0 Å². The lowest BCUT2D eigenvalue weighted by atomic mass is 9.89. The van der Waals surface area contributed by atoms with E-state index in [0.717, 1.165) is 11.5 Å². The smallest absolute Gasteiger partial charge is 0.231 e. The molecule has 4 heteroatoms. The van der Waals surface area contributed by atoms with E-state index in [1.807, 2.05) is 6.07 Å². The molecular weight excluding hydrogens is 228 g/mol. The molecule has 1 aliphatic carbocycles. The second kappa shape index (κ2) is 4.78. The van der Waals surface area contributed by atoms with Crippen molar-refractivity contribution in [1.82, 2.24) is 4.90 Å². The lowest BCUT2D eigenvalue weighted by molar-refractivity contribution is 0.113. The Balaban J connectivity index is 1.82. The summed E-state index contributed by atoms with van der Waals surface area (Å²) in [6, 6.07) is 7.10. The molecule has 3 rings (SSSR count). The van der Waals surface area contributed by atoms with E-state index in [9.17, 15) is 0 Å². The Labute approximate surface area is 108 Å². The Hall–Kier alpha value is -1.26. The second-order valence-corrected chi connectivity index (χ2v) is 5.11. The van der Waals surface area contributed by atoms with Gasteiger partial charge in [-0.25, -0.2) is 0 Å². The first kappa shape index (κ1) is 11.8. The molecule has 0 spiro atoms. The minimum Gasteiger partial charge on any atom is -0.454 e. The molecule has 1 aromatic rings. The summed E-state index contributed by atoms with van der Waals surface area (Å²) in [4.78, 5) is 2.40. The summed E-state index contributed by atoms with van der Waals surface area (Å²) in [5.74, 6) is 1.67. The molecule has 1 aliphatic heterocycles. The van der Waals surface area contributed by atoms with Crippen molar-refractivity contribution in [3.05, 3.63) is 23.8 Å². The van der Waals surface area contributed by atoms with Crippen LogP contribution < -0.4 is 15.2 Å². The molecule has 2 aliphatic rings. The topological polar surface area (TPSA) is 47.7 Å². The molecule has 1 unspecified atom stereocenters. The van der Waals surface area contributed by atoms with Crippen LogP contribution in [0.4, 0.5) is 0 Å². The van der Waals surface area contributed by atoms with Crippen molar-refractivity contribution in [2.24, 2.45) is 5.73 Å². The van der Waals surface area contributed by atoms with Crippen LogP contribution >= 0.6 is 0 Å². The molecule has 1 heterocycles. The monoisotopic (exact) mass is 248 g/mol. The molecule has 0 saturated heterocycles. The lowest BCUT2D eigenvalue weighted by Crippen LogP contribution is -2.42. The fourth-order valence-electron chi connectivity index (χ4n) is 2.71. The van der Waals surface area contributed by atoms with Crippen LogP contribution in [0.5, 0.6) is 11.5 Å². The average Bonchev–Trinajstić information content (AvgIpc) is 2.74. The average molecular weight is 248 g/mol. The van der Waals surface area contributed by atoms with E-state index in [1.54, 1.807) is 0 Å². The largest absolute Gasteiger partial charge is 0.454 e. The maximum absolute atomic E-state index is 5.95. The molecule has 0 aromatic heterocycles. The highest BCUT2D eigenvalue weighted by Gasteiger charge is 2.28. The van der Waals surface area contributed by atoms with E-state index in [4.69, 9.17) is 15.2 Å². The van der Waals surface area contributed by atoms with Gasteiger partial charge in [0, 0.05) is 18.6 Å². The summed E-state index contributed by atoms with van der Waals surface area (Å²) in [6.07, 6.45) is 3.92. The van der Waals surface area contributed by atoms with Gasteiger partial charge in [-0.2, -0.15) is 0 Å². The van der Waals surface area contributed by atoms with Gasteiger partial charge in [-0.1, -0.05) is 12.5 Å². The minimum absolute atomic E-state index is 0.268. The zero-order chi connectivity index (χ0) is 12.5. The van der Waals surface area contributed by atoms with Gasteiger partial charge in [0.25, 0.3) is 0 Å². The van der Waals surface area contributed by atoms with Gasteiger partial charge in [0.05, 0.1) is 0 Å². The van der Waals surface area contributed by atoms with Gasteiger partial charge in [-0.3, -0.25) is 4.90 Å². The highest BCUT2D eigenvalue weighted by atomic mass is 16.7. The maximum Gasteiger partial charge on any atom is 0.231 e. The molecule has 1 aromatic carbocycles. The molecule has 18 heavy (non-hydrogen) atoms. The van der Waals surface area contributed by atoms with Crippen molar-refractivity contribution in [2.75, 3.05) is 20.4 Å². The molecule has 98 valence electrons. The van der Waals surface area contributed by atoms with Crippen molar-refractivity contribution >= 4 is 0 Å². The predicted octanol–water partition coefficient (Wildman–Crippen LogP) is 1.90. The zero-order valence-corrected chi connectivity index (χ0v) is 10.8. The summed E-state index contributed by atoms with van der Waals surface area (Å²) < 4.78 is 10.8. The molecule has 1 atom stereocenters. The first-order chi connectivity index (χ1) is 8.79. The van der Waals surface area contributed by atoms with E-state index in [0.29, 0.717) is 19.4 Å². The van der Waals surface area contributed by atoms with E-state index in [2.05, 4.69) is 24.1 Å². The third kappa shape index (κ3) is 1.95. The van der Waals surface area contributed by atoms with Crippen molar-refractivity contribution in [1.29, 1.82) is 0 Å². The number of rotatable bonds is 4. The van der Waals surface area contributed by atoms with Crippen LogP contribution in [0.3, 0.4) is 0 Å². The lowest BCUT2D eigenvalue weighted by Gasteiger charge is -2.39. The number of fused-ring (bicyclic) bond motifs is 1. The van der Waals surface area contributed by atoms with Crippen molar-refractivity contribution in [2.45, 2.75) is 31.3 Å². The number of nitrogens with two attached hydrogens (primary N) is 1. The molecule has 0 bridgehead atoms. The SMILES string of the molecule is CN(C1CCC1)C(CN)c1ccc2c(c1)OCO2. The Morgan fingerprint density at radius 1 is 1.33 bits per heavy atom. The van der Waals surface area contributed by atoms with Gasteiger partial charge in [0.2, 0.25) is 6.79 Å². The van der Waals surface area contributed by atoms with Crippen molar-refractivity contribution in [3.8, 4) is 11.5 Å². The zero-order valence-electron chi connectivity index (χ0n) is 10.8. The van der Waals surface area contributed by atoms with Crippen LogP contribution in [0.25, 0.3) is 0 Å². The Morgan fingerprint density at radius 3 is 2.78 bits per heavy atom. The van der Waals surface area contributed by atoms with Crippen LogP contribution in [0.15, 0.2) is 18.2 Å². The van der Waals surface area contributed by atoms with E-state index < -0.39 is 0 Å². The quantitative estimate of drug-likeness (QED) is 0.884. The number of nitrogens with zero attached hydrogens (tertiary/aromatic N) is 1. The third-order valence-corrected chi connectivity index (χ3v) is 4.15. The number of likely N-dealkylation sites (N-methyl/N-ethyl adjacent to an activating group) is 1. The van der Waals surface area contributed by atoms with Crippen molar-refractivity contribution < 1.29 is 9.47 Å². The van der Waals surface area contributed by atoms with Gasteiger partial charge in [0.15, 0.2) is 11.5 Å². The van der Waals surface area contributed by atoms with E-state index >= 15 is 0 Å². The minimum atomic E-state index is 0.268. The van der Waals surface area contributed by atoms with Crippen molar-refractivity contribution in [3.63, 3.8) is 0 Å². The van der Waals surface area contributed by atoms with E-state index in [-0.39, 0.29) is 6.04 Å². The van der Waals surface area contributed by atoms with Crippen LogP contribution in [-0.4, -0.2) is 31.3 Å². The molecule has 1 fully saturated rings.